The number of rotatable bonds is 6. The molecular weight excluding hydrogens is 360 g/mol. The van der Waals surface area contributed by atoms with Crippen LogP contribution in [-0.2, 0) is 4.79 Å². The van der Waals surface area contributed by atoms with Gasteiger partial charge in [-0.15, -0.1) is 0 Å². The maximum absolute atomic E-state index is 12.6. The van der Waals surface area contributed by atoms with E-state index in [2.05, 4.69) is 15.5 Å². The highest BCUT2D eigenvalue weighted by molar-refractivity contribution is 5.85. The van der Waals surface area contributed by atoms with Crippen LogP contribution in [0.5, 0.6) is 11.5 Å². The van der Waals surface area contributed by atoms with E-state index < -0.39 is 11.9 Å². The van der Waals surface area contributed by atoms with Gasteiger partial charge in [-0.05, 0) is 42.8 Å². The van der Waals surface area contributed by atoms with E-state index in [4.69, 9.17) is 9.47 Å². The van der Waals surface area contributed by atoms with E-state index in [9.17, 15) is 9.59 Å². The van der Waals surface area contributed by atoms with Crippen molar-refractivity contribution < 1.29 is 14.3 Å². The Bertz CT molecular complexity index is 1090. The number of carbonyl (C=O) groups is 1. The molecule has 0 aliphatic heterocycles. The van der Waals surface area contributed by atoms with Crippen LogP contribution in [0, 0.1) is 0 Å². The van der Waals surface area contributed by atoms with Gasteiger partial charge >= 0.3 is 0 Å². The molecule has 28 heavy (non-hydrogen) atoms. The maximum atomic E-state index is 12.6. The zero-order valence-corrected chi connectivity index (χ0v) is 15.7. The van der Waals surface area contributed by atoms with E-state index in [1.807, 2.05) is 0 Å². The summed E-state index contributed by atoms with van der Waals surface area (Å²) in [6, 6.07) is 11.5. The summed E-state index contributed by atoms with van der Waals surface area (Å²) in [5, 5.41) is 4.41. The van der Waals surface area contributed by atoms with Crippen LogP contribution in [0.25, 0.3) is 10.9 Å². The van der Waals surface area contributed by atoms with Gasteiger partial charge in [0.15, 0.2) is 11.5 Å². The Kier molecular flexibility index (Phi) is 5.69. The molecule has 1 amide bonds. The number of hydrazone groups is 1. The molecule has 0 spiro atoms. The molecule has 0 saturated carbocycles. The first-order chi connectivity index (χ1) is 13.5. The number of benzene rings is 2. The number of fused-ring (bicyclic) bond motifs is 1. The van der Waals surface area contributed by atoms with Crippen LogP contribution >= 0.6 is 0 Å². The van der Waals surface area contributed by atoms with Crippen molar-refractivity contribution in [1.29, 1.82) is 0 Å². The van der Waals surface area contributed by atoms with Crippen LogP contribution in [0.3, 0.4) is 0 Å². The molecule has 1 atom stereocenters. The maximum Gasteiger partial charge on any atom is 0.262 e. The van der Waals surface area contributed by atoms with E-state index in [1.165, 1.54) is 24.2 Å². The highest BCUT2D eigenvalue weighted by Gasteiger charge is 2.17. The topological polar surface area (TPSA) is 94.8 Å². The van der Waals surface area contributed by atoms with Crippen LogP contribution in [-0.4, -0.2) is 35.9 Å². The molecule has 0 saturated heterocycles. The third-order valence-electron chi connectivity index (χ3n) is 4.28. The number of methoxy groups -OCH3 is 2. The number of carbonyl (C=O) groups excluding carboxylic acids is 1. The molecule has 0 unspecified atom stereocenters. The second kappa shape index (κ2) is 8.34. The molecule has 2 aromatic carbocycles. The van der Waals surface area contributed by atoms with Crippen molar-refractivity contribution in [1.82, 2.24) is 15.0 Å². The largest absolute Gasteiger partial charge is 0.493 e. The zero-order chi connectivity index (χ0) is 20.1. The molecule has 8 heteroatoms. The van der Waals surface area contributed by atoms with Gasteiger partial charge in [-0.25, -0.2) is 10.4 Å². The van der Waals surface area contributed by atoms with Gasteiger partial charge in [0.25, 0.3) is 11.5 Å². The van der Waals surface area contributed by atoms with E-state index >= 15 is 0 Å². The second-order valence-electron chi connectivity index (χ2n) is 6.00. The number of ether oxygens (including phenoxy) is 2. The minimum atomic E-state index is -0.771. The van der Waals surface area contributed by atoms with Crippen molar-refractivity contribution in [3.05, 3.63) is 64.7 Å². The second-order valence-corrected chi connectivity index (χ2v) is 6.00. The molecule has 1 aromatic heterocycles. The Hall–Kier alpha value is -3.68. The van der Waals surface area contributed by atoms with Crippen molar-refractivity contribution in [3.8, 4) is 11.5 Å². The fraction of sp³-hybridized carbons (Fsp3) is 0.200. The lowest BCUT2D eigenvalue weighted by molar-refractivity contribution is -0.123. The lowest BCUT2D eigenvalue weighted by atomic mass is 10.2. The zero-order valence-electron chi connectivity index (χ0n) is 15.7. The van der Waals surface area contributed by atoms with Crippen molar-refractivity contribution in [2.75, 3.05) is 14.2 Å². The summed E-state index contributed by atoms with van der Waals surface area (Å²) >= 11 is 0. The van der Waals surface area contributed by atoms with Crippen LogP contribution in [0.2, 0.25) is 0 Å². The Balaban J connectivity index is 1.74. The summed E-state index contributed by atoms with van der Waals surface area (Å²) < 4.78 is 11.7. The minimum absolute atomic E-state index is 0.280. The van der Waals surface area contributed by atoms with Gasteiger partial charge in [0.1, 0.15) is 6.04 Å². The number of hydrogen-bond acceptors (Lipinski definition) is 6. The average molecular weight is 380 g/mol. The molecular formula is C20H20N4O4. The highest BCUT2D eigenvalue weighted by atomic mass is 16.5. The van der Waals surface area contributed by atoms with E-state index in [-0.39, 0.29) is 5.56 Å². The molecule has 0 bridgehead atoms. The molecule has 3 aromatic rings. The Morgan fingerprint density at radius 2 is 1.93 bits per heavy atom. The van der Waals surface area contributed by atoms with Gasteiger partial charge in [0.2, 0.25) is 0 Å². The highest BCUT2D eigenvalue weighted by Crippen LogP contribution is 2.26. The summed E-state index contributed by atoms with van der Waals surface area (Å²) in [5.74, 6) is 0.719. The molecule has 1 N–H and O–H groups in total. The fourth-order valence-corrected chi connectivity index (χ4v) is 2.68. The van der Waals surface area contributed by atoms with Gasteiger partial charge in [-0.2, -0.15) is 5.10 Å². The van der Waals surface area contributed by atoms with Crippen LogP contribution in [0.4, 0.5) is 0 Å². The first-order valence-electron chi connectivity index (χ1n) is 8.56. The van der Waals surface area contributed by atoms with Crippen molar-refractivity contribution in [3.63, 3.8) is 0 Å². The molecule has 1 heterocycles. The third kappa shape index (κ3) is 3.85. The summed E-state index contributed by atoms with van der Waals surface area (Å²) in [4.78, 5) is 29.2. The lowest BCUT2D eigenvalue weighted by Gasteiger charge is -2.13. The summed E-state index contributed by atoms with van der Waals surface area (Å²) in [7, 11) is 3.09. The number of hydrogen-bond donors (Lipinski definition) is 1. The first kappa shape index (κ1) is 19.1. The Morgan fingerprint density at radius 3 is 2.68 bits per heavy atom. The molecule has 8 nitrogen and oxygen atoms in total. The van der Waals surface area contributed by atoms with Gasteiger partial charge < -0.3 is 9.47 Å². The molecule has 0 aliphatic rings. The normalized spacial score (nSPS) is 12.1. The van der Waals surface area contributed by atoms with Crippen LogP contribution in [0.1, 0.15) is 18.5 Å². The molecule has 3 rings (SSSR count). The standard InChI is InChI=1S/C20H20N4O4/c1-13(24-12-21-16-7-5-4-6-15(16)20(24)26)19(25)23-22-11-14-8-9-17(27-2)18(10-14)28-3/h4-13H,1-3H3,(H,23,25)/t13-/m0/s1. The minimum Gasteiger partial charge on any atom is -0.493 e. The van der Waals surface area contributed by atoms with Gasteiger partial charge in [0.05, 0.1) is 37.7 Å². The molecule has 0 radical (unpaired) electrons. The fourth-order valence-electron chi connectivity index (χ4n) is 2.68. The molecule has 0 fully saturated rings. The summed E-state index contributed by atoms with van der Waals surface area (Å²) in [6.07, 6.45) is 2.85. The molecule has 144 valence electrons. The lowest BCUT2D eigenvalue weighted by Crippen LogP contribution is -2.33. The van der Waals surface area contributed by atoms with Crippen LogP contribution < -0.4 is 20.5 Å². The molecule has 0 aliphatic carbocycles. The van der Waals surface area contributed by atoms with Gasteiger partial charge in [-0.3, -0.25) is 14.2 Å². The van der Waals surface area contributed by atoms with E-state index in [1.54, 1.807) is 56.5 Å². The van der Waals surface area contributed by atoms with E-state index in [0.29, 0.717) is 22.4 Å². The Labute approximate surface area is 161 Å². The number of amides is 1. The quantitative estimate of drug-likeness (QED) is 0.522. The van der Waals surface area contributed by atoms with E-state index in [0.717, 1.165) is 5.56 Å². The van der Waals surface area contributed by atoms with Gasteiger partial charge in [0, 0.05) is 0 Å². The smallest absolute Gasteiger partial charge is 0.262 e. The number of aromatic nitrogens is 2. The third-order valence-corrected chi connectivity index (χ3v) is 4.28. The van der Waals surface area contributed by atoms with Crippen LogP contribution in [0.15, 0.2) is 58.7 Å². The number of nitrogens with one attached hydrogen (secondary N) is 1. The average Bonchev–Trinajstić information content (AvgIpc) is 2.73. The predicted octanol–water partition coefficient (Wildman–Crippen LogP) is 2.12. The first-order valence-corrected chi connectivity index (χ1v) is 8.56. The summed E-state index contributed by atoms with van der Waals surface area (Å²) in [6.45, 7) is 1.61. The van der Waals surface area contributed by atoms with Gasteiger partial charge in [-0.1, -0.05) is 12.1 Å². The Morgan fingerprint density at radius 1 is 1.18 bits per heavy atom. The predicted molar refractivity (Wildman–Crippen MR) is 106 cm³/mol. The SMILES string of the molecule is COc1ccc(C=NNC(=O)[C@H](C)n2cnc3ccccc3c2=O)cc1OC. The number of nitrogens with zero attached hydrogens (tertiary/aromatic N) is 3. The van der Waals surface area contributed by atoms with Crippen molar-refractivity contribution in [2.45, 2.75) is 13.0 Å². The monoisotopic (exact) mass is 380 g/mol. The summed E-state index contributed by atoms with van der Waals surface area (Å²) in [5.41, 5.74) is 3.46. The van der Waals surface area contributed by atoms with Crippen molar-refractivity contribution in [2.24, 2.45) is 5.10 Å². The number of para-hydroxylation sites is 1. The van der Waals surface area contributed by atoms with Crippen molar-refractivity contribution >= 4 is 23.0 Å².